The van der Waals surface area contributed by atoms with E-state index in [9.17, 15) is 4.79 Å². The molecule has 2 nitrogen and oxygen atoms in total. The molecule has 2 unspecified atom stereocenters. The van der Waals surface area contributed by atoms with Crippen LogP contribution in [-0.4, -0.2) is 30.2 Å². The quantitative estimate of drug-likeness (QED) is 0.717. The molecular weight excluding hydrogens is 230 g/mol. The maximum Gasteiger partial charge on any atom is 0.226 e. The summed E-state index contributed by atoms with van der Waals surface area (Å²) in [5.74, 6) is 3.02. The molecule has 0 saturated heterocycles. The van der Waals surface area contributed by atoms with Gasteiger partial charge in [0, 0.05) is 23.6 Å². The van der Waals surface area contributed by atoms with Crippen molar-refractivity contribution in [1.82, 2.24) is 4.90 Å². The number of amides is 1. The molecule has 0 aromatic heterocycles. The van der Waals surface area contributed by atoms with Crippen LogP contribution in [0.5, 0.6) is 0 Å². The topological polar surface area (TPSA) is 20.3 Å². The lowest BCUT2D eigenvalue weighted by Crippen LogP contribution is -2.35. The lowest BCUT2D eigenvalue weighted by Gasteiger charge is -2.25. The SMILES string of the molecule is CN(CC1=CCCS1)C(=O)[C@H]1CC2C=CC1C2. The summed E-state index contributed by atoms with van der Waals surface area (Å²) in [6.07, 6.45) is 10.3. The van der Waals surface area contributed by atoms with E-state index in [0.29, 0.717) is 17.7 Å². The van der Waals surface area contributed by atoms with Crippen molar-refractivity contribution in [3.05, 3.63) is 23.1 Å². The summed E-state index contributed by atoms with van der Waals surface area (Å²) < 4.78 is 0. The first-order valence-electron chi connectivity index (χ1n) is 6.49. The van der Waals surface area contributed by atoms with E-state index in [1.807, 2.05) is 23.7 Å². The molecule has 1 heterocycles. The van der Waals surface area contributed by atoms with E-state index < -0.39 is 0 Å². The number of allylic oxidation sites excluding steroid dienone is 3. The van der Waals surface area contributed by atoms with Crippen LogP contribution in [0.1, 0.15) is 19.3 Å². The molecule has 1 fully saturated rings. The van der Waals surface area contributed by atoms with E-state index in [2.05, 4.69) is 18.2 Å². The average Bonchev–Trinajstić information content (AvgIpc) is 3.04. The fourth-order valence-electron chi connectivity index (χ4n) is 3.24. The van der Waals surface area contributed by atoms with Crippen molar-refractivity contribution < 1.29 is 4.79 Å². The van der Waals surface area contributed by atoms with Gasteiger partial charge in [-0.25, -0.2) is 0 Å². The van der Waals surface area contributed by atoms with Gasteiger partial charge in [-0.1, -0.05) is 18.2 Å². The van der Waals surface area contributed by atoms with Gasteiger partial charge in [-0.2, -0.15) is 0 Å². The molecule has 3 atom stereocenters. The molecule has 3 rings (SSSR count). The molecule has 0 radical (unpaired) electrons. The van der Waals surface area contributed by atoms with Crippen LogP contribution in [0.3, 0.4) is 0 Å². The van der Waals surface area contributed by atoms with Crippen LogP contribution < -0.4 is 0 Å². The number of nitrogens with zero attached hydrogens (tertiary/aromatic N) is 1. The molecule has 0 N–H and O–H groups in total. The number of rotatable bonds is 3. The summed E-state index contributed by atoms with van der Waals surface area (Å²) >= 11 is 1.90. The summed E-state index contributed by atoms with van der Waals surface area (Å²) in [6.45, 7) is 0.821. The highest BCUT2D eigenvalue weighted by Gasteiger charge is 2.40. The second kappa shape index (κ2) is 4.52. The maximum absolute atomic E-state index is 12.4. The minimum Gasteiger partial charge on any atom is -0.341 e. The van der Waals surface area contributed by atoms with Crippen LogP contribution in [0.2, 0.25) is 0 Å². The van der Waals surface area contributed by atoms with Crippen molar-refractivity contribution >= 4 is 17.7 Å². The summed E-state index contributed by atoms with van der Waals surface area (Å²) in [6, 6.07) is 0. The summed E-state index contributed by atoms with van der Waals surface area (Å²) in [4.78, 5) is 15.7. The van der Waals surface area contributed by atoms with Crippen molar-refractivity contribution in [3.63, 3.8) is 0 Å². The lowest BCUT2D eigenvalue weighted by atomic mass is 9.92. The number of hydrogen-bond donors (Lipinski definition) is 0. The fraction of sp³-hybridized carbons (Fsp3) is 0.643. The molecule has 3 heteroatoms. The Morgan fingerprint density at radius 2 is 2.35 bits per heavy atom. The van der Waals surface area contributed by atoms with Gasteiger partial charge < -0.3 is 4.90 Å². The van der Waals surface area contributed by atoms with Gasteiger partial charge in [-0.15, -0.1) is 11.8 Å². The van der Waals surface area contributed by atoms with Crippen molar-refractivity contribution in [2.24, 2.45) is 17.8 Å². The first-order chi connectivity index (χ1) is 8.24. The average molecular weight is 249 g/mol. The van der Waals surface area contributed by atoms with Crippen LogP contribution in [0.25, 0.3) is 0 Å². The maximum atomic E-state index is 12.4. The van der Waals surface area contributed by atoms with E-state index in [1.54, 1.807) is 0 Å². The molecule has 3 aliphatic rings. The van der Waals surface area contributed by atoms with E-state index >= 15 is 0 Å². The fourth-order valence-corrected chi connectivity index (χ4v) is 4.26. The van der Waals surface area contributed by atoms with Crippen molar-refractivity contribution in [3.8, 4) is 0 Å². The van der Waals surface area contributed by atoms with E-state index in [-0.39, 0.29) is 5.92 Å². The molecule has 92 valence electrons. The zero-order valence-corrected chi connectivity index (χ0v) is 11.1. The summed E-state index contributed by atoms with van der Waals surface area (Å²) in [7, 11) is 1.96. The first kappa shape index (κ1) is 11.4. The third-order valence-corrected chi connectivity index (χ3v) is 5.25. The Morgan fingerprint density at radius 1 is 1.47 bits per heavy atom. The van der Waals surface area contributed by atoms with E-state index in [0.717, 1.165) is 13.0 Å². The summed E-state index contributed by atoms with van der Waals surface area (Å²) in [5, 5.41) is 0. The minimum absolute atomic E-state index is 0.266. The normalized spacial score (nSPS) is 34.2. The Bertz CT molecular complexity index is 388. The smallest absolute Gasteiger partial charge is 0.226 e. The predicted octanol–water partition coefficient (Wildman–Crippen LogP) is 2.68. The Morgan fingerprint density at radius 3 is 2.94 bits per heavy atom. The minimum atomic E-state index is 0.266. The van der Waals surface area contributed by atoms with Gasteiger partial charge >= 0.3 is 0 Å². The summed E-state index contributed by atoms with van der Waals surface area (Å²) in [5.41, 5.74) is 0. The zero-order chi connectivity index (χ0) is 11.8. The number of carbonyl (C=O) groups excluding carboxylic acids is 1. The Kier molecular flexibility index (Phi) is 3.03. The molecular formula is C14H19NOS. The van der Waals surface area contributed by atoms with Gasteiger partial charge in [-0.3, -0.25) is 4.79 Å². The lowest BCUT2D eigenvalue weighted by molar-refractivity contribution is -0.134. The highest BCUT2D eigenvalue weighted by molar-refractivity contribution is 8.03. The van der Waals surface area contributed by atoms with Crippen LogP contribution in [0.15, 0.2) is 23.1 Å². The number of fused-ring (bicyclic) bond motifs is 2. The second-order valence-electron chi connectivity index (χ2n) is 5.39. The molecule has 2 bridgehead atoms. The third kappa shape index (κ3) is 2.17. The Hall–Kier alpha value is -0.700. The van der Waals surface area contributed by atoms with Crippen LogP contribution in [0.4, 0.5) is 0 Å². The van der Waals surface area contributed by atoms with Crippen molar-refractivity contribution in [1.29, 1.82) is 0 Å². The highest BCUT2D eigenvalue weighted by atomic mass is 32.2. The first-order valence-corrected chi connectivity index (χ1v) is 7.48. The molecule has 17 heavy (non-hydrogen) atoms. The van der Waals surface area contributed by atoms with E-state index in [4.69, 9.17) is 0 Å². The molecule has 0 aromatic rings. The Balaban J connectivity index is 1.60. The van der Waals surface area contributed by atoms with Crippen LogP contribution in [-0.2, 0) is 4.79 Å². The van der Waals surface area contributed by atoms with Crippen molar-refractivity contribution in [2.45, 2.75) is 19.3 Å². The largest absolute Gasteiger partial charge is 0.341 e. The highest BCUT2D eigenvalue weighted by Crippen LogP contribution is 2.44. The van der Waals surface area contributed by atoms with Crippen LogP contribution in [0, 0.1) is 17.8 Å². The zero-order valence-electron chi connectivity index (χ0n) is 10.3. The molecule has 1 saturated carbocycles. The number of likely N-dealkylation sites (N-methyl/N-ethyl adjacent to an activating group) is 1. The second-order valence-corrected chi connectivity index (χ2v) is 6.61. The van der Waals surface area contributed by atoms with Gasteiger partial charge in [-0.05, 0) is 31.1 Å². The number of thioether (sulfide) groups is 1. The van der Waals surface area contributed by atoms with E-state index in [1.165, 1.54) is 23.5 Å². The third-order valence-electron chi connectivity index (χ3n) is 4.14. The molecule has 2 aliphatic carbocycles. The van der Waals surface area contributed by atoms with Gasteiger partial charge in [0.1, 0.15) is 0 Å². The number of carbonyl (C=O) groups is 1. The Labute approximate surface area is 107 Å². The van der Waals surface area contributed by atoms with Gasteiger partial charge in [0.15, 0.2) is 0 Å². The number of hydrogen-bond acceptors (Lipinski definition) is 2. The van der Waals surface area contributed by atoms with Gasteiger partial charge in [0.2, 0.25) is 5.91 Å². The monoisotopic (exact) mass is 249 g/mol. The molecule has 0 spiro atoms. The van der Waals surface area contributed by atoms with Crippen molar-refractivity contribution in [2.75, 3.05) is 19.3 Å². The van der Waals surface area contributed by atoms with Crippen LogP contribution >= 0.6 is 11.8 Å². The van der Waals surface area contributed by atoms with Gasteiger partial charge in [0.25, 0.3) is 0 Å². The predicted molar refractivity (Wildman–Crippen MR) is 71.6 cm³/mol. The molecule has 1 amide bonds. The van der Waals surface area contributed by atoms with Gasteiger partial charge in [0.05, 0.1) is 6.54 Å². The molecule has 0 aromatic carbocycles. The standard InChI is InChI=1S/C14H19NOS/c1-15(9-12-3-2-6-17-12)14(16)13-8-10-4-5-11(13)7-10/h3-5,10-11,13H,2,6-9H2,1H3/t10?,11?,13-/m0/s1. The molecule has 1 aliphatic heterocycles.